The Kier molecular flexibility index (Phi) is 12.9. The van der Waals surface area contributed by atoms with Gasteiger partial charge in [-0.2, -0.15) is 0 Å². The van der Waals surface area contributed by atoms with Gasteiger partial charge in [0.2, 0.25) is 11.7 Å². The molecule has 7 unspecified atom stereocenters. The van der Waals surface area contributed by atoms with Gasteiger partial charge >= 0.3 is 5.97 Å². The molecule has 0 aromatic heterocycles. The molecule has 14 nitrogen and oxygen atoms in total. The molecule has 0 bridgehead atoms. The number of aliphatic hydroxyl groups is 3. The van der Waals surface area contributed by atoms with E-state index in [-0.39, 0.29) is 55.3 Å². The van der Waals surface area contributed by atoms with E-state index in [9.17, 15) is 29.7 Å². The van der Waals surface area contributed by atoms with E-state index < -0.39 is 83.6 Å². The Morgan fingerprint density at radius 2 is 1.62 bits per heavy atom. The van der Waals surface area contributed by atoms with Crippen molar-refractivity contribution in [3.05, 3.63) is 0 Å². The molecule has 4 N–H and O–H groups in total. The normalized spacial score (nSPS) is 49.3. The molecule has 4 saturated heterocycles. The van der Waals surface area contributed by atoms with Crippen LogP contribution in [0.1, 0.15) is 101 Å². The molecule has 14 heteroatoms. The molecule has 17 atom stereocenters. The molecular weight excluding hydrogens is 654 g/mol. The third-order valence-electron chi connectivity index (χ3n) is 11.3. The van der Waals surface area contributed by atoms with Gasteiger partial charge in [0.1, 0.15) is 23.6 Å². The first-order valence-corrected chi connectivity index (χ1v) is 18.2. The van der Waals surface area contributed by atoms with Gasteiger partial charge in [-0.15, -0.1) is 0 Å². The third kappa shape index (κ3) is 8.71. The standard InChI is InChI=1S/C36H61NO13/c1-12-25-35(10,43)30(40)19(4)28(39)17(2)15-34(9,42)31(49-26-14-24(37-23(8)38)13-18(3)45-26)20(5)29(21(6)33(41)47-25)48-27-16-36(44-11)32(50-36)22(7)46-27/h17-22,24-27,29-32,40,42-43H,12-16H2,1-11H3,(H,37,38)/t17-,18?,19+,20+,21-,22?,24?,25-,26?,27?,29+,30-,31-,32?,34+,35-,36?/m1/s1. The SMILES string of the molecule is CC[C@H]1OC(=O)[C@H](C)[C@@H](OC2CC3(OC)OC3C(C)O2)[C@H](C)[C@@H](OC2CC(NC(C)=O)CC(C)O2)[C@@](C)(O)C[C@@H](C)C(=O)[C@H](C)[C@@H](O)[C@]1(C)O. The van der Waals surface area contributed by atoms with Crippen molar-refractivity contribution in [2.75, 3.05) is 7.11 Å². The summed E-state index contributed by atoms with van der Waals surface area (Å²) in [5, 5.41) is 38.1. The molecule has 4 rings (SSSR count). The number of amides is 1. The Morgan fingerprint density at radius 1 is 0.960 bits per heavy atom. The van der Waals surface area contributed by atoms with E-state index in [1.54, 1.807) is 41.7 Å². The first-order chi connectivity index (χ1) is 23.2. The highest BCUT2D eigenvalue weighted by molar-refractivity contribution is 5.83. The van der Waals surface area contributed by atoms with Crippen molar-refractivity contribution >= 4 is 17.7 Å². The third-order valence-corrected chi connectivity index (χ3v) is 11.3. The van der Waals surface area contributed by atoms with Crippen LogP contribution in [0.25, 0.3) is 0 Å². The van der Waals surface area contributed by atoms with Crippen LogP contribution in [-0.2, 0) is 47.5 Å². The monoisotopic (exact) mass is 715 g/mol. The van der Waals surface area contributed by atoms with Crippen LogP contribution in [0, 0.1) is 23.7 Å². The van der Waals surface area contributed by atoms with Gasteiger partial charge in [0, 0.05) is 44.2 Å². The molecule has 288 valence electrons. The van der Waals surface area contributed by atoms with Crippen molar-refractivity contribution in [3.8, 4) is 0 Å². The Morgan fingerprint density at radius 3 is 2.22 bits per heavy atom. The van der Waals surface area contributed by atoms with Crippen molar-refractivity contribution in [1.82, 2.24) is 5.32 Å². The summed E-state index contributed by atoms with van der Waals surface area (Å²) in [5.74, 6) is -5.76. The van der Waals surface area contributed by atoms with Gasteiger partial charge in [-0.25, -0.2) is 0 Å². The Labute approximate surface area is 296 Å². The van der Waals surface area contributed by atoms with Crippen LogP contribution >= 0.6 is 0 Å². The molecule has 4 fully saturated rings. The van der Waals surface area contributed by atoms with Crippen LogP contribution in [0.2, 0.25) is 0 Å². The van der Waals surface area contributed by atoms with Crippen LogP contribution in [0.5, 0.6) is 0 Å². The van der Waals surface area contributed by atoms with E-state index in [0.717, 1.165) is 0 Å². The minimum Gasteiger partial charge on any atom is -0.459 e. The number of ether oxygens (including phenoxy) is 7. The lowest BCUT2D eigenvalue weighted by atomic mass is 9.74. The van der Waals surface area contributed by atoms with Crippen LogP contribution in [0.3, 0.4) is 0 Å². The van der Waals surface area contributed by atoms with E-state index in [2.05, 4.69) is 5.32 Å². The second-order valence-corrected chi connectivity index (χ2v) is 15.7. The Balaban J connectivity index is 1.77. The number of rotatable bonds is 7. The number of hydrogen-bond acceptors (Lipinski definition) is 13. The number of fused-ring (bicyclic) bond motifs is 1. The second kappa shape index (κ2) is 15.7. The van der Waals surface area contributed by atoms with Crippen LogP contribution in [0.4, 0.5) is 0 Å². The summed E-state index contributed by atoms with van der Waals surface area (Å²) in [6.45, 7) is 16.4. The molecule has 4 heterocycles. The molecule has 50 heavy (non-hydrogen) atoms. The lowest BCUT2D eigenvalue weighted by molar-refractivity contribution is -0.284. The Hall–Kier alpha value is -1.75. The predicted octanol–water partition coefficient (Wildman–Crippen LogP) is 2.36. The summed E-state index contributed by atoms with van der Waals surface area (Å²) >= 11 is 0. The lowest BCUT2D eigenvalue weighted by Gasteiger charge is -2.46. The quantitative estimate of drug-likeness (QED) is 0.222. The average molecular weight is 716 g/mol. The number of nitrogens with one attached hydrogen (secondary N) is 1. The van der Waals surface area contributed by atoms with Gasteiger partial charge < -0.3 is 53.8 Å². The zero-order valence-electron chi connectivity index (χ0n) is 31.5. The van der Waals surface area contributed by atoms with Crippen molar-refractivity contribution in [2.24, 2.45) is 23.7 Å². The number of aliphatic hydroxyl groups excluding tert-OH is 1. The number of Topliss-reactive ketones (excluding diaryl/α,β-unsaturated/α-hetero) is 1. The lowest BCUT2D eigenvalue weighted by Crippen LogP contribution is -2.58. The summed E-state index contributed by atoms with van der Waals surface area (Å²) in [4.78, 5) is 39.7. The van der Waals surface area contributed by atoms with Crippen LogP contribution < -0.4 is 5.32 Å². The van der Waals surface area contributed by atoms with Gasteiger partial charge in [0.25, 0.3) is 0 Å². The summed E-state index contributed by atoms with van der Waals surface area (Å²) in [5.41, 5.74) is -3.68. The Bertz CT molecular complexity index is 1210. The molecule has 0 aromatic carbocycles. The highest BCUT2D eigenvalue weighted by Crippen LogP contribution is 2.49. The molecule has 0 radical (unpaired) electrons. The van der Waals surface area contributed by atoms with Gasteiger partial charge in [-0.3, -0.25) is 14.4 Å². The van der Waals surface area contributed by atoms with E-state index in [1.807, 2.05) is 13.8 Å². The van der Waals surface area contributed by atoms with Crippen molar-refractivity contribution in [1.29, 1.82) is 0 Å². The largest absolute Gasteiger partial charge is 0.459 e. The van der Waals surface area contributed by atoms with Crippen LogP contribution in [0.15, 0.2) is 0 Å². The molecule has 0 spiro atoms. The van der Waals surface area contributed by atoms with E-state index in [1.165, 1.54) is 20.8 Å². The number of epoxide rings is 1. The molecule has 4 aliphatic rings. The van der Waals surface area contributed by atoms with Gasteiger partial charge in [-0.05, 0) is 53.9 Å². The summed E-state index contributed by atoms with van der Waals surface area (Å²) in [7, 11) is 1.55. The van der Waals surface area contributed by atoms with Crippen molar-refractivity contribution in [2.45, 2.75) is 180 Å². The van der Waals surface area contributed by atoms with Gasteiger partial charge in [0.15, 0.2) is 12.6 Å². The molecule has 1 amide bonds. The molecule has 0 saturated carbocycles. The average Bonchev–Trinajstić information content (AvgIpc) is 3.77. The maximum Gasteiger partial charge on any atom is 0.311 e. The maximum absolute atomic E-state index is 14.0. The first-order valence-electron chi connectivity index (χ1n) is 18.2. The summed E-state index contributed by atoms with van der Waals surface area (Å²) in [6, 6.07) is -0.239. The number of carbonyl (C=O) groups excluding carboxylic acids is 3. The minimum absolute atomic E-state index is 0.0839. The number of esters is 1. The second-order valence-electron chi connectivity index (χ2n) is 15.7. The van der Waals surface area contributed by atoms with E-state index in [4.69, 9.17) is 33.2 Å². The van der Waals surface area contributed by atoms with E-state index >= 15 is 0 Å². The van der Waals surface area contributed by atoms with Crippen LogP contribution in [-0.4, -0.2) is 118 Å². The van der Waals surface area contributed by atoms with E-state index in [0.29, 0.717) is 12.8 Å². The van der Waals surface area contributed by atoms with Crippen molar-refractivity contribution < 1.29 is 62.9 Å². The van der Waals surface area contributed by atoms with Crippen molar-refractivity contribution in [3.63, 3.8) is 0 Å². The number of cyclic esters (lactones) is 1. The molecular formula is C36H61NO13. The molecule has 0 aromatic rings. The summed E-state index contributed by atoms with van der Waals surface area (Å²) < 4.78 is 43.1. The highest BCUT2D eigenvalue weighted by Gasteiger charge is 2.65. The topological polar surface area (TPSA) is 192 Å². The predicted molar refractivity (Wildman–Crippen MR) is 178 cm³/mol. The first kappa shape index (κ1) is 41.0. The zero-order valence-corrected chi connectivity index (χ0v) is 31.5. The molecule has 4 aliphatic heterocycles. The fourth-order valence-corrected chi connectivity index (χ4v) is 8.49. The highest BCUT2D eigenvalue weighted by atomic mass is 16.8. The fraction of sp³-hybridized carbons (Fsp3) is 0.917. The number of carbonyl (C=O) groups is 3. The van der Waals surface area contributed by atoms with Gasteiger partial charge in [-0.1, -0.05) is 27.7 Å². The number of hydrogen-bond donors (Lipinski definition) is 4. The number of ketones is 1. The molecule has 0 aliphatic carbocycles. The fourth-order valence-electron chi connectivity index (χ4n) is 8.49. The number of methoxy groups -OCH3 is 1. The van der Waals surface area contributed by atoms with Gasteiger partial charge in [0.05, 0.1) is 48.5 Å². The summed E-state index contributed by atoms with van der Waals surface area (Å²) in [6.07, 6.45) is -6.31. The minimum atomic E-state index is -1.97. The maximum atomic E-state index is 14.0. The smallest absolute Gasteiger partial charge is 0.311 e. The zero-order chi connectivity index (χ0) is 37.5.